The average molecular weight is 235 g/mol. The number of hydrogen-bond donors (Lipinski definition) is 2. The maximum Gasteiger partial charge on any atom is 0.164 e. The van der Waals surface area contributed by atoms with Crippen molar-refractivity contribution in [1.29, 1.82) is 0 Å². The molecular weight excluding hydrogens is 214 g/mol. The Morgan fingerprint density at radius 3 is 2.71 bits per heavy atom. The van der Waals surface area contributed by atoms with E-state index in [1.54, 1.807) is 7.11 Å². The van der Waals surface area contributed by atoms with E-state index in [9.17, 15) is 5.11 Å². The van der Waals surface area contributed by atoms with E-state index in [-0.39, 0.29) is 5.75 Å². The van der Waals surface area contributed by atoms with Gasteiger partial charge in [-0.25, -0.2) is 0 Å². The molecule has 1 aromatic rings. The predicted octanol–water partition coefficient (Wildman–Crippen LogP) is 2.60. The van der Waals surface area contributed by atoms with Crippen molar-refractivity contribution in [2.24, 2.45) is 0 Å². The van der Waals surface area contributed by atoms with Crippen molar-refractivity contribution >= 4 is 0 Å². The molecule has 2 rings (SSSR count). The highest BCUT2D eigenvalue weighted by Crippen LogP contribution is 2.39. The number of ether oxygens (including phenoxy) is 1. The fraction of sp³-hybridized carbons (Fsp3) is 0.571. The van der Waals surface area contributed by atoms with Crippen LogP contribution in [0.1, 0.15) is 43.2 Å². The fourth-order valence-corrected chi connectivity index (χ4v) is 2.44. The molecule has 94 valence electrons. The number of nitrogens with one attached hydrogen (secondary N) is 1. The lowest BCUT2D eigenvalue weighted by Crippen LogP contribution is -2.09. The van der Waals surface area contributed by atoms with Crippen LogP contribution >= 0.6 is 0 Å². The molecule has 0 aliphatic carbocycles. The van der Waals surface area contributed by atoms with E-state index < -0.39 is 0 Å². The first kappa shape index (κ1) is 12.2. The molecule has 0 amide bonds. The molecule has 1 aromatic carbocycles. The molecule has 3 heteroatoms. The smallest absolute Gasteiger partial charge is 0.164 e. The summed E-state index contributed by atoms with van der Waals surface area (Å²) in [4.78, 5) is 0. The Labute approximate surface area is 103 Å². The Morgan fingerprint density at radius 1 is 1.41 bits per heavy atom. The molecule has 17 heavy (non-hydrogen) atoms. The second-order valence-electron chi connectivity index (χ2n) is 5.01. The normalized spacial score (nSPS) is 19.9. The minimum absolute atomic E-state index is 0.264. The molecule has 3 nitrogen and oxygen atoms in total. The zero-order chi connectivity index (χ0) is 12.4. The molecule has 2 N–H and O–H groups in total. The molecular formula is C14H21NO2. The van der Waals surface area contributed by atoms with Crippen LogP contribution in [0.2, 0.25) is 0 Å². The van der Waals surface area contributed by atoms with E-state index in [0.717, 1.165) is 25.1 Å². The van der Waals surface area contributed by atoms with Crippen LogP contribution in [-0.4, -0.2) is 25.3 Å². The Balaban J connectivity index is 2.45. The summed E-state index contributed by atoms with van der Waals surface area (Å²) >= 11 is 0. The number of hydrogen-bond acceptors (Lipinski definition) is 3. The van der Waals surface area contributed by atoms with Crippen LogP contribution in [0.4, 0.5) is 0 Å². The van der Waals surface area contributed by atoms with Gasteiger partial charge >= 0.3 is 0 Å². The highest BCUT2D eigenvalue weighted by Gasteiger charge is 2.23. The minimum Gasteiger partial charge on any atom is -0.504 e. The SMILES string of the molecule is COc1c(O)cc(C(C)C)cc1C1CCNC1. The van der Waals surface area contributed by atoms with Gasteiger partial charge in [0, 0.05) is 18.0 Å². The van der Waals surface area contributed by atoms with Gasteiger partial charge in [-0.3, -0.25) is 0 Å². The molecule has 0 aromatic heterocycles. The Hall–Kier alpha value is -1.22. The van der Waals surface area contributed by atoms with E-state index >= 15 is 0 Å². The molecule has 1 aliphatic rings. The summed E-state index contributed by atoms with van der Waals surface area (Å²) in [6, 6.07) is 4.00. The second-order valence-corrected chi connectivity index (χ2v) is 5.01. The summed E-state index contributed by atoms with van der Waals surface area (Å²) < 4.78 is 5.35. The van der Waals surface area contributed by atoms with Crippen LogP contribution in [0.3, 0.4) is 0 Å². The highest BCUT2D eigenvalue weighted by atomic mass is 16.5. The van der Waals surface area contributed by atoms with Gasteiger partial charge < -0.3 is 15.2 Å². The number of methoxy groups -OCH3 is 1. The van der Waals surface area contributed by atoms with Crippen LogP contribution < -0.4 is 10.1 Å². The van der Waals surface area contributed by atoms with Gasteiger partial charge in [0.15, 0.2) is 11.5 Å². The van der Waals surface area contributed by atoms with Crippen molar-refractivity contribution in [2.75, 3.05) is 20.2 Å². The van der Waals surface area contributed by atoms with Crippen LogP contribution in [0.5, 0.6) is 11.5 Å². The first-order valence-electron chi connectivity index (χ1n) is 6.25. The van der Waals surface area contributed by atoms with Crippen LogP contribution in [0.15, 0.2) is 12.1 Å². The number of phenolic OH excluding ortho intramolecular Hbond substituents is 1. The maximum absolute atomic E-state index is 10.0. The van der Waals surface area contributed by atoms with Gasteiger partial charge in [0.2, 0.25) is 0 Å². The largest absolute Gasteiger partial charge is 0.504 e. The van der Waals surface area contributed by atoms with Crippen LogP contribution in [0, 0.1) is 0 Å². The van der Waals surface area contributed by atoms with Crippen LogP contribution in [-0.2, 0) is 0 Å². The molecule has 0 saturated carbocycles. The Morgan fingerprint density at radius 2 is 2.18 bits per heavy atom. The van der Waals surface area contributed by atoms with E-state index in [4.69, 9.17) is 4.74 Å². The summed E-state index contributed by atoms with van der Waals surface area (Å²) in [6.45, 7) is 6.29. The maximum atomic E-state index is 10.0. The molecule has 0 radical (unpaired) electrons. The van der Waals surface area contributed by atoms with E-state index in [1.807, 2.05) is 6.07 Å². The highest BCUT2D eigenvalue weighted by molar-refractivity contribution is 5.51. The molecule has 1 aliphatic heterocycles. The van der Waals surface area contributed by atoms with Gasteiger partial charge in [-0.2, -0.15) is 0 Å². The monoisotopic (exact) mass is 235 g/mol. The van der Waals surface area contributed by atoms with E-state index in [1.165, 1.54) is 5.56 Å². The second kappa shape index (κ2) is 4.96. The van der Waals surface area contributed by atoms with Crippen molar-refractivity contribution in [2.45, 2.75) is 32.1 Å². The number of benzene rings is 1. The molecule has 0 spiro atoms. The molecule has 1 saturated heterocycles. The van der Waals surface area contributed by atoms with Crippen molar-refractivity contribution in [1.82, 2.24) is 5.32 Å². The third kappa shape index (κ3) is 2.39. The number of aromatic hydroxyl groups is 1. The number of rotatable bonds is 3. The van der Waals surface area contributed by atoms with Crippen molar-refractivity contribution < 1.29 is 9.84 Å². The molecule has 1 unspecified atom stereocenters. The zero-order valence-corrected chi connectivity index (χ0v) is 10.8. The fourth-order valence-electron chi connectivity index (χ4n) is 2.44. The van der Waals surface area contributed by atoms with Crippen molar-refractivity contribution in [3.8, 4) is 11.5 Å². The van der Waals surface area contributed by atoms with E-state index in [2.05, 4.69) is 25.2 Å². The van der Waals surface area contributed by atoms with Gasteiger partial charge in [0.25, 0.3) is 0 Å². The first-order chi connectivity index (χ1) is 8.13. The van der Waals surface area contributed by atoms with Gasteiger partial charge in [-0.1, -0.05) is 19.9 Å². The molecule has 0 bridgehead atoms. The summed E-state index contributed by atoms with van der Waals surface area (Å²) in [5, 5.41) is 13.4. The summed E-state index contributed by atoms with van der Waals surface area (Å²) in [6.07, 6.45) is 1.11. The quantitative estimate of drug-likeness (QED) is 0.846. The van der Waals surface area contributed by atoms with Gasteiger partial charge in [-0.05, 0) is 30.5 Å². The lowest BCUT2D eigenvalue weighted by Gasteiger charge is -2.18. The van der Waals surface area contributed by atoms with Gasteiger partial charge in [0.05, 0.1) is 7.11 Å². The topological polar surface area (TPSA) is 41.5 Å². The summed E-state index contributed by atoms with van der Waals surface area (Å²) in [5.74, 6) is 1.78. The zero-order valence-electron chi connectivity index (χ0n) is 10.8. The molecule has 1 atom stereocenters. The lowest BCUT2D eigenvalue weighted by atomic mass is 9.92. The van der Waals surface area contributed by atoms with Crippen molar-refractivity contribution in [3.05, 3.63) is 23.3 Å². The summed E-state index contributed by atoms with van der Waals surface area (Å²) in [7, 11) is 1.62. The summed E-state index contributed by atoms with van der Waals surface area (Å²) in [5.41, 5.74) is 2.31. The van der Waals surface area contributed by atoms with Crippen molar-refractivity contribution in [3.63, 3.8) is 0 Å². The van der Waals surface area contributed by atoms with E-state index in [0.29, 0.717) is 17.6 Å². The van der Waals surface area contributed by atoms with Crippen LogP contribution in [0.25, 0.3) is 0 Å². The van der Waals surface area contributed by atoms with Gasteiger partial charge in [-0.15, -0.1) is 0 Å². The minimum atomic E-state index is 0.264. The lowest BCUT2D eigenvalue weighted by molar-refractivity contribution is 0.366. The third-order valence-electron chi connectivity index (χ3n) is 3.49. The van der Waals surface area contributed by atoms with Gasteiger partial charge in [0.1, 0.15) is 0 Å². The average Bonchev–Trinajstić information content (AvgIpc) is 2.81. The standard InChI is InChI=1S/C14H21NO2/c1-9(2)11-6-12(10-4-5-15-8-10)14(17-3)13(16)7-11/h6-7,9-10,15-16H,4-5,8H2,1-3H3. The first-order valence-corrected chi connectivity index (χ1v) is 6.25. The number of phenols is 1. The third-order valence-corrected chi connectivity index (χ3v) is 3.49. The predicted molar refractivity (Wildman–Crippen MR) is 69.0 cm³/mol. The Bertz CT molecular complexity index is 395. The Kier molecular flexibility index (Phi) is 3.57. The molecule has 1 heterocycles. The molecule has 1 fully saturated rings.